The zero-order chi connectivity index (χ0) is 19.5. The number of nitrogens with one attached hydrogen (secondary N) is 1. The van der Waals surface area contributed by atoms with Gasteiger partial charge in [0.2, 0.25) is 0 Å². The second kappa shape index (κ2) is 5.79. The fraction of sp³-hybridized carbons (Fsp3) is 0.227. The molecule has 1 N–H and O–H groups in total. The van der Waals surface area contributed by atoms with E-state index in [2.05, 4.69) is 5.32 Å². The molecule has 0 bridgehead atoms. The van der Waals surface area contributed by atoms with Crippen molar-refractivity contribution in [3.05, 3.63) is 81.2 Å². The Hall–Kier alpha value is -3.41. The van der Waals surface area contributed by atoms with E-state index in [1.54, 1.807) is 6.07 Å². The lowest BCUT2D eigenvalue weighted by atomic mass is 9.92. The van der Waals surface area contributed by atoms with Crippen LogP contribution in [0.25, 0.3) is 11.0 Å². The smallest absolute Gasteiger partial charge is 0.336 e. The van der Waals surface area contributed by atoms with E-state index >= 15 is 0 Å². The van der Waals surface area contributed by atoms with Crippen LogP contribution in [0, 0.1) is 6.92 Å². The minimum atomic E-state index is -1.00. The maximum absolute atomic E-state index is 13.3. The Balaban J connectivity index is 1.56. The maximum atomic E-state index is 13.3. The molecule has 0 radical (unpaired) electrons. The average Bonchev–Trinajstić information content (AvgIpc) is 3.15. The van der Waals surface area contributed by atoms with Gasteiger partial charge in [-0.2, -0.15) is 0 Å². The molecule has 1 aliphatic heterocycles. The van der Waals surface area contributed by atoms with Gasteiger partial charge in [0, 0.05) is 11.5 Å². The standard InChI is InChI=1S/C22H18N2O4/c1-13-6-7-16-15(11-19(25)28-18(16)10-13)12-24-20(26)22(23-21(24)27)9-8-14-4-2-3-5-17(14)22/h2-7,10-11H,8-9,12H2,1H3,(H,23,27)/t22-/m0/s1. The topological polar surface area (TPSA) is 79.6 Å². The van der Waals surface area contributed by atoms with Crippen molar-refractivity contribution in [1.29, 1.82) is 0 Å². The zero-order valence-electron chi connectivity index (χ0n) is 15.3. The minimum Gasteiger partial charge on any atom is -0.423 e. The van der Waals surface area contributed by atoms with Crippen LogP contribution in [0.3, 0.4) is 0 Å². The molecule has 0 unspecified atom stereocenters. The third-order valence-corrected chi connectivity index (χ3v) is 5.74. The quantitative estimate of drug-likeness (QED) is 0.552. The van der Waals surface area contributed by atoms with E-state index in [0.29, 0.717) is 17.6 Å². The summed E-state index contributed by atoms with van der Waals surface area (Å²) in [7, 11) is 0. The van der Waals surface area contributed by atoms with Gasteiger partial charge in [0.05, 0.1) is 6.54 Å². The molecule has 3 amide bonds. The van der Waals surface area contributed by atoms with Gasteiger partial charge in [0.1, 0.15) is 11.1 Å². The molecule has 1 aromatic heterocycles. The van der Waals surface area contributed by atoms with Crippen LogP contribution in [0.5, 0.6) is 0 Å². The summed E-state index contributed by atoms with van der Waals surface area (Å²) < 4.78 is 5.28. The van der Waals surface area contributed by atoms with E-state index in [1.807, 2.05) is 43.3 Å². The van der Waals surface area contributed by atoms with Gasteiger partial charge in [-0.25, -0.2) is 9.59 Å². The number of nitrogens with zero attached hydrogens (tertiary/aromatic N) is 1. The van der Waals surface area contributed by atoms with Crippen molar-refractivity contribution in [2.45, 2.75) is 31.8 Å². The van der Waals surface area contributed by atoms with Crippen LogP contribution in [0.4, 0.5) is 4.79 Å². The summed E-state index contributed by atoms with van der Waals surface area (Å²) in [6, 6.07) is 14.2. The molecular formula is C22H18N2O4. The Labute approximate surface area is 160 Å². The summed E-state index contributed by atoms with van der Waals surface area (Å²) in [6.07, 6.45) is 1.29. The van der Waals surface area contributed by atoms with E-state index in [4.69, 9.17) is 4.42 Å². The van der Waals surface area contributed by atoms with Gasteiger partial charge in [-0.3, -0.25) is 9.69 Å². The van der Waals surface area contributed by atoms with E-state index < -0.39 is 17.2 Å². The van der Waals surface area contributed by atoms with Crippen molar-refractivity contribution in [2.24, 2.45) is 0 Å². The molecule has 1 saturated heterocycles. The van der Waals surface area contributed by atoms with Crippen LogP contribution in [0.2, 0.25) is 0 Å². The number of fused-ring (bicyclic) bond motifs is 3. The van der Waals surface area contributed by atoms with Gasteiger partial charge >= 0.3 is 11.7 Å². The van der Waals surface area contributed by atoms with E-state index in [9.17, 15) is 14.4 Å². The fourth-order valence-corrected chi connectivity index (χ4v) is 4.37. The van der Waals surface area contributed by atoms with E-state index in [1.165, 1.54) is 11.0 Å². The van der Waals surface area contributed by atoms with Gasteiger partial charge in [-0.1, -0.05) is 36.4 Å². The fourth-order valence-electron chi connectivity index (χ4n) is 4.37. The van der Waals surface area contributed by atoms with Crippen molar-refractivity contribution < 1.29 is 14.0 Å². The number of benzene rings is 2. The number of imide groups is 1. The molecule has 2 aliphatic rings. The van der Waals surface area contributed by atoms with Crippen LogP contribution >= 0.6 is 0 Å². The largest absolute Gasteiger partial charge is 0.423 e. The number of carbonyl (C=O) groups excluding carboxylic acids is 2. The van der Waals surface area contributed by atoms with Crippen molar-refractivity contribution in [1.82, 2.24) is 10.2 Å². The first-order valence-corrected chi connectivity index (χ1v) is 9.24. The monoisotopic (exact) mass is 374 g/mol. The van der Waals surface area contributed by atoms with Crippen molar-refractivity contribution >= 4 is 22.9 Å². The van der Waals surface area contributed by atoms with Gasteiger partial charge in [-0.05, 0) is 48.1 Å². The third kappa shape index (κ3) is 2.30. The van der Waals surface area contributed by atoms with Crippen LogP contribution in [0.15, 0.2) is 57.7 Å². The molecule has 28 heavy (non-hydrogen) atoms. The highest BCUT2D eigenvalue weighted by molar-refractivity contribution is 6.08. The molecule has 140 valence electrons. The first-order chi connectivity index (χ1) is 13.5. The summed E-state index contributed by atoms with van der Waals surface area (Å²) in [5, 5.41) is 3.63. The van der Waals surface area contributed by atoms with Crippen molar-refractivity contribution in [3.63, 3.8) is 0 Å². The lowest BCUT2D eigenvalue weighted by Crippen LogP contribution is -2.41. The maximum Gasteiger partial charge on any atom is 0.336 e. The molecule has 1 aliphatic carbocycles. The second-order valence-corrected chi connectivity index (χ2v) is 7.47. The molecule has 1 atom stereocenters. The summed E-state index contributed by atoms with van der Waals surface area (Å²) in [5.41, 5.74) is 2.46. The van der Waals surface area contributed by atoms with Crippen LogP contribution in [0.1, 0.15) is 28.7 Å². The highest BCUT2D eigenvalue weighted by Gasteiger charge is 2.55. The lowest BCUT2D eigenvalue weighted by molar-refractivity contribution is -0.132. The Kier molecular flexibility index (Phi) is 3.46. The highest BCUT2D eigenvalue weighted by Crippen LogP contribution is 2.41. The summed E-state index contributed by atoms with van der Waals surface area (Å²) in [5.74, 6) is -0.268. The first-order valence-electron chi connectivity index (χ1n) is 9.24. The van der Waals surface area contributed by atoms with Crippen LogP contribution in [-0.4, -0.2) is 16.8 Å². The molecule has 3 aromatic rings. The first kappa shape index (κ1) is 16.7. The summed E-state index contributed by atoms with van der Waals surface area (Å²) in [6.45, 7) is 1.94. The normalized spacial score (nSPS) is 20.8. The Morgan fingerprint density at radius 2 is 1.93 bits per heavy atom. The zero-order valence-corrected chi connectivity index (χ0v) is 15.3. The summed E-state index contributed by atoms with van der Waals surface area (Å²) >= 11 is 0. The van der Waals surface area contributed by atoms with Crippen LogP contribution in [-0.2, 0) is 23.3 Å². The Bertz CT molecular complexity index is 1210. The molecule has 2 heterocycles. The molecule has 6 nitrogen and oxygen atoms in total. The SMILES string of the molecule is Cc1ccc2c(CN3C(=O)N[C@]4(CCc5ccccc54)C3=O)cc(=O)oc2c1. The Morgan fingerprint density at radius 1 is 1.11 bits per heavy atom. The predicted molar refractivity (Wildman–Crippen MR) is 103 cm³/mol. The molecule has 1 spiro atoms. The van der Waals surface area contributed by atoms with Crippen molar-refractivity contribution in [3.8, 4) is 0 Å². The van der Waals surface area contributed by atoms with Crippen LogP contribution < -0.4 is 10.9 Å². The van der Waals surface area contributed by atoms with E-state index in [0.717, 1.165) is 28.5 Å². The molecule has 5 rings (SSSR count). The molecule has 1 fully saturated rings. The summed E-state index contributed by atoms with van der Waals surface area (Å²) in [4.78, 5) is 39.3. The molecule has 2 aromatic carbocycles. The second-order valence-electron chi connectivity index (χ2n) is 7.47. The number of rotatable bonds is 2. The number of hydrogen-bond acceptors (Lipinski definition) is 4. The molecular weight excluding hydrogens is 356 g/mol. The number of aryl methyl sites for hydroxylation is 2. The molecule has 6 heteroatoms. The predicted octanol–water partition coefficient (Wildman–Crippen LogP) is 2.99. The highest BCUT2D eigenvalue weighted by atomic mass is 16.4. The van der Waals surface area contributed by atoms with Gasteiger partial charge in [0.15, 0.2) is 0 Å². The third-order valence-electron chi connectivity index (χ3n) is 5.74. The lowest BCUT2D eigenvalue weighted by Gasteiger charge is -2.22. The average molecular weight is 374 g/mol. The number of amides is 3. The Morgan fingerprint density at radius 3 is 2.79 bits per heavy atom. The molecule has 0 saturated carbocycles. The van der Waals surface area contributed by atoms with Crippen molar-refractivity contribution in [2.75, 3.05) is 0 Å². The van der Waals surface area contributed by atoms with Gasteiger partial charge < -0.3 is 9.73 Å². The number of urea groups is 1. The van der Waals surface area contributed by atoms with E-state index in [-0.39, 0.29) is 12.5 Å². The van der Waals surface area contributed by atoms with Gasteiger partial charge in [-0.15, -0.1) is 0 Å². The number of carbonyl (C=O) groups is 2. The minimum absolute atomic E-state index is 0.0275. The van der Waals surface area contributed by atoms with Gasteiger partial charge in [0.25, 0.3) is 5.91 Å². The number of hydrogen-bond donors (Lipinski definition) is 1.